The third kappa shape index (κ3) is 6.13. The van der Waals surface area contributed by atoms with E-state index in [1.165, 1.54) is 28.6 Å². The van der Waals surface area contributed by atoms with E-state index in [2.05, 4.69) is 12.2 Å². The smallest absolute Gasteiger partial charge is 0.348 e. The fourth-order valence-electron chi connectivity index (χ4n) is 3.93. The quantitative estimate of drug-likeness (QED) is 0.356. The van der Waals surface area contributed by atoms with Crippen LogP contribution in [0.5, 0.6) is 0 Å². The zero-order valence-corrected chi connectivity index (χ0v) is 22.6. The standard InChI is InChI=1S/C25H32N2O7S2/c1-5-33-24(29)21-17(4)22(25(30)34-6-2)35-23(21)26-15-20(28)18-7-9-19(10-8-18)36(31,32)27-13-11-16(3)12-14-27/h7-10,16,26H,5-6,11-15H2,1-4H3. The van der Waals surface area contributed by atoms with E-state index >= 15 is 0 Å². The third-order valence-electron chi connectivity index (χ3n) is 6.05. The fraction of sp³-hybridized carbons (Fsp3) is 0.480. The third-order valence-corrected chi connectivity index (χ3v) is 9.20. The number of thiophene rings is 1. The van der Waals surface area contributed by atoms with E-state index in [1.807, 2.05) is 0 Å². The first-order valence-corrected chi connectivity index (χ1v) is 14.2. The van der Waals surface area contributed by atoms with Gasteiger partial charge in [0.2, 0.25) is 10.0 Å². The minimum atomic E-state index is -3.61. The minimum Gasteiger partial charge on any atom is -0.462 e. The molecule has 11 heteroatoms. The lowest BCUT2D eigenvalue weighted by molar-refractivity contribution is 0.0527. The first kappa shape index (κ1) is 27.8. The van der Waals surface area contributed by atoms with Crippen LogP contribution in [0.1, 0.15) is 69.6 Å². The van der Waals surface area contributed by atoms with Gasteiger partial charge in [-0.2, -0.15) is 4.31 Å². The van der Waals surface area contributed by atoms with Crippen LogP contribution in [-0.2, 0) is 19.5 Å². The van der Waals surface area contributed by atoms with Crippen molar-refractivity contribution in [3.63, 3.8) is 0 Å². The Hall–Kier alpha value is -2.76. The van der Waals surface area contributed by atoms with Crippen LogP contribution in [0.2, 0.25) is 0 Å². The molecule has 0 spiro atoms. The molecule has 1 aliphatic rings. The van der Waals surface area contributed by atoms with Crippen LogP contribution in [0.25, 0.3) is 0 Å². The molecular formula is C25H32N2O7S2. The van der Waals surface area contributed by atoms with Gasteiger partial charge in [0.25, 0.3) is 0 Å². The SMILES string of the molecule is CCOC(=O)c1sc(NCC(=O)c2ccc(S(=O)(=O)N3CCC(C)CC3)cc2)c(C(=O)OCC)c1C. The largest absolute Gasteiger partial charge is 0.462 e. The number of anilines is 1. The molecule has 1 N–H and O–H groups in total. The molecule has 1 saturated heterocycles. The van der Waals surface area contributed by atoms with Crippen LogP contribution in [0, 0.1) is 12.8 Å². The number of rotatable bonds is 10. The zero-order valence-electron chi connectivity index (χ0n) is 21.0. The van der Waals surface area contributed by atoms with Gasteiger partial charge < -0.3 is 14.8 Å². The number of nitrogens with zero attached hydrogens (tertiary/aromatic N) is 1. The Bertz CT molecular complexity index is 1210. The summed E-state index contributed by atoms with van der Waals surface area (Å²) in [4.78, 5) is 38.1. The number of ether oxygens (including phenoxy) is 2. The number of esters is 2. The van der Waals surface area contributed by atoms with E-state index in [0.29, 0.717) is 35.1 Å². The van der Waals surface area contributed by atoms with Crippen LogP contribution < -0.4 is 5.32 Å². The summed E-state index contributed by atoms with van der Waals surface area (Å²) in [5.41, 5.74) is 0.939. The molecular weight excluding hydrogens is 504 g/mol. The Morgan fingerprint density at radius 2 is 1.61 bits per heavy atom. The molecule has 0 amide bonds. The van der Waals surface area contributed by atoms with Gasteiger partial charge in [-0.1, -0.05) is 6.92 Å². The number of benzene rings is 1. The normalized spacial score (nSPS) is 14.9. The molecule has 196 valence electrons. The highest BCUT2D eigenvalue weighted by Crippen LogP contribution is 2.34. The van der Waals surface area contributed by atoms with Crippen molar-refractivity contribution in [1.29, 1.82) is 0 Å². The van der Waals surface area contributed by atoms with Crippen LogP contribution in [0.4, 0.5) is 5.00 Å². The molecule has 0 atom stereocenters. The number of hydrogen-bond donors (Lipinski definition) is 1. The fourth-order valence-corrected chi connectivity index (χ4v) is 6.48. The molecule has 1 fully saturated rings. The van der Waals surface area contributed by atoms with Crippen molar-refractivity contribution in [2.45, 2.75) is 45.4 Å². The molecule has 36 heavy (non-hydrogen) atoms. The molecule has 2 aromatic rings. The highest BCUT2D eigenvalue weighted by Gasteiger charge is 2.29. The zero-order chi connectivity index (χ0) is 26.5. The van der Waals surface area contributed by atoms with Crippen LogP contribution >= 0.6 is 11.3 Å². The first-order valence-electron chi connectivity index (χ1n) is 11.9. The van der Waals surface area contributed by atoms with Gasteiger partial charge in [0.05, 0.1) is 30.2 Å². The van der Waals surface area contributed by atoms with E-state index in [0.717, 1.165) is 24.2 Å². The number of carbonyl (C=O) groups excluding carboxylic acids is 3. The molecule has 1 aromatic heterocycles. The molecule has 3 rings (SSSR count). The average Bonchev–Trinajstić information content (AvgIpc) is 3.19. The lowest BCUT2D eigenvalue weighted by Gasteiger charge is -2.29. The summed E-state index contributed by atoms with van der Waals surface area (Å²) in [5, 5.41) is 3.28. The second-order valence-electron chi connectivity index (χ2n) is 8.59. The van der Waals surface area contributed by atoms with E-state index < -0.39 is 22.0 Å². The van der Waals surface area contributed by atoms with Gasteiger partial charge in [-0.3, -0.25) is 4.79 Å². The molecule has 0 saturated carbocycles. The molecule has 0 radical (unpaired) electrons. The molecule has 2 heterocycles. The second-order valence-corrected chi connectivity index (χ2v) is 11.5. The second kappa shape index (κ2) is 12.0. The molecule has 1 aliphatic heterocycles. The molecule has 0 bridgehead atoms. The molecule has 9 nitrogen and oxygen atoms in total. The van der Waals surface area contributed by atoms with Gasteiger partial charge in [-0.15, -0.1) is 11.3 Å². The highest BCUT2D eigenvalue weighted by atomic mass is 32.2. The Labute approximate surface area is 215 Å². The summed E-state index contributed by atoms with van der Waals surface area (Å²) in [6.07, 6.45) is 1.66. The van der Waals surface area contributed by atoms with Gasteiger partial charge in [0, 0.05) is 18.7 Å². The summed E-state index contributed by atoms with van der Waals surface area (Å²) in [6, 6.07) is 5.86. The van der Waals surface area contributed by atoms with E-state index in [9.17, 15) is 22.8 Å². The maximum absolute atomic E-state index is 12.9. The Morgan fingerprint density at radius 1 is 1.03 bits per heavy atom. The monoisotopic (exact) mass is 536 g/mol. The average molecular weight is 537 g/mol. The maximum atomic E-state index is 12.9. The Balaban J connectivity index is 1.74. The molecule has 1 aromatic carbocycles. The Kier molecular flexibility index (Phi) is 9.26. The lowest BCUT2D eigenvalue weighted by atomic mass is 10.0. The summed E-state index contributed by atoms with van der Waals surface area (Å²) in [7, 11) is -3.61. The number of carbonyl (C=O) groups is 3. The van der Waals surface area contributed by atoms with Crippen LogP contribution in [0.15, 0.2) is 29.2 Å². The number of piperidine rings is 1. The van der Waals surface area contributed by atoms with Gasteiger partial charge in [0.1, 0.15) is 9.88 Å². The highest BCUT2D eigenvalue weighted by molar-refractivity contribution is 7.89. The van der Waals surface area contributed by atoms with Crippen molar-refractivity contribution in [2.24, 2.45) is 5.92 Å². The maximum Gasteiger partial charge on any atom is 0.348 e. The van der Waals surface area contributed by atoms with Crippen molar-refractivity contribution in [1.82, 2.24) is 4.31 Å². The van der Waals surface area contributed by atoms with Crippen molar-refractivity contribution in [3.8, 4) is 0 Å². The number of sulfonamides is 1. The number of nitrogens with one attached hydrogen (secondary N) is 1. The van der Waals surface area contributed by atoms with Crippen LogP contribution in [0.3, 0.4) is 0 Å². The van der Waals surface area contributed by atoms with Gasteiger partial charge >= 0.3 is 11.9 Å². The van der Waals surface area contributed by atoms with Gasteiger partial charge in [-0.05, 0) is 69.4 Å². The number of hydrogen-bond acceptors (Lipinski definition) is 9. The lowest BCUT2D eigenvalue weighted by Crippen LogP contribution is -2.37. The van der Waals surface area contributed by atoms with Crippen LogP contribution in [-0.4, -0.2) is 63.3 Å². The number of Topliss-reactive ketones (excluding diaryl/α,β-unsaturated/α-hetero) is 1. The summed E-state index contributed by atoms with van der Waals surface area (Å²) in [5.74, 6) is -0.943. The summed E-state index contributed by atoms with van der Waals surface area (Å²) in [6.45, 7) is 8.28. The minimum absolute atomic E-state index is 0.152. The molecule has 0 aliphatic carbocycles. The predicted octanol–water partition coefficient (Wildman–Crippen LogP) is 4.13. The first-order chi connectivity index (χ1) is 17.1. The van der Waals surface area contributed by atoms with Crippen molar-refractivity contribution in [3.05, 3.63) is 45.8 Å². The topological polar surface area (TPSA) is 119 Å². The summed E-state index contributed by atoms with van der Waals surface area (Å²) < 4.78 is 37.5. The number of ketones is 1. The summed E-state index contributed by atoms with van der Waals surface area (Å²) >= 11 is 1.02. The van der Waals surface area contributed by atoms with Crippen molar-refractivity contribution in [2.75, 3.05) is 38.2 Å². The van der Waals surface area contributed by atoms with Crippen molar-refractivity contribution < 1.29 is 32.3 Å². The predicted molar refractivity (Wildman–Crippen MR) is 137 cm³/mol. The molecule has 0 unspecified atom stereocenters. The van der Waals surface area contributed by atoms with Gasteiger partial charge in [-0.25, -0.2) is 18.0 Å². The van der Waals surface area contributed by atoms with E-state index in [4.69, 9.17) is 9.47 Å². The van der Waals surface area contributed by atoms with Crippen molar-refractivity contribution >= 4 is 44.1 Å². The van der Waals surface area contributed by atoms with Gasteiger partial charge in [0.15, 0.2) is 5.78 Å². The van der Waals surface area contributed by atoms with E-state index in [1.54, 1.807) is 20.8 Å². The Morgan fingerprint density at radius 3 is 2.19 bits per heavy atom. The van der Waals surface area contributed by atoms with E-state index in [-0.39, 0.29) is 40.9 Å².